The molecule has 9 heteroatoms. The monoisotopic (exact) mass is 397 g/mol. The minimum Gasteiger partial charge on any atom is -0.494 e. The first-order valence-electron chi connectivity index (χ1n) is 8.07. The van der Waals surface area contributed by atoms with Crippen LogP contribution in [0.3, 0.4) is 0 Å². The van der Waals surface area contributed by atoms with E-state index in [1.165, 1.54) is 11.4 Å². The lowest BCUT2D eigenvalue weighted by Gasteiger charge is -2.13. The van der Waals surface area contributed by atoms with Gasteiger partial charge in [-0.2, -0.15) is 0 Å². The number of thiophene rings is 1. The van der Waals surface area contributed by atoms with Gasteiger partial charge in [0.2, 0.25) is 10.0 Å². The van der Waals surface area contributed by atoms with Gasteiger partial charge in [-0.15, -0.1) is 11.3 Å². The molecule has 7 nitrogen and oxygen atoms in total. The van der Waals surface area contributed by atoms with Crippen molar-refractivity contribution in [1.82, 2.24) is 4.72 Å². The molecule has 140 valence electrons. The number of benzene rings is 1. The zero-order valence-electron chi connectivity index (χ0n) is 14.3. The smallest absolute Gasteiger partial charge is 0.347 e. The number of sulfonamides is 1. The van der Waals surface area contributed by atoms with E-state index in [2.05, 4.69) is 4.72 Å². The molecule has 0 saturated carbocycles. The molecule has 2 heterocycles. The Morgan fingerprint density at radius 1 is 1.46 bits per heavy atom. The molecule has 0 radical (unpaired) electrons. The van der Waals surface area contributed by atoms with Crippen LogP contribution in [0.2, 0.25) is 0 Å². The van der Waals surface area contributed by atoms with Gasteiger partial charge in [0.1, 0.15) is 27.4 Å². The van der Waals surface area contributed by atoms with Crippen LogP contribution < -0.4 is 14.2 Å². The summed E-state index contributed by atoms with van der Waals surface area (Å²) in [4.78, 5) is 10.7. The van der Waals surface area contributed by atoms with Crippen LogP contribution in [-0.2, 0) is 23.0 Å². The summed E-state index contributed by atoms with van der Waals surface area (Å²) in [6.45, 7) is 4.23. The molecule has 0 spiro atoms. The van der Waals surface area contributed by atoms with Crippen LogP contribution in [0.15, 0.2) is 28.5 Å². The van der Waals surface area contributed by atoms with Gasteiger partial charge in [-0.25, -0.2) is 17.9 Å². The summed E-state index contributed by atoms with van der Waals surface area (Å²) < 4.78 is 38.8. The normalized spacial score (nSPS) is 16.2. The molecule has 1 atom stereocenters. The SMILES string of the molecule is CCOc1cc2c(cc1CNS(=O)(=O)c1ccsc1C(=O)O)OC(C)C2. The predicted octanol–water partition coefficient (Wildman–Crippen LogP) is 2.65. The predicted molar refractivity (Wildman–Crippen MR) is 96.7 cm³/mol. The first-order valence-corrected chi connectivity index (χ1v) is 10.4. The Bertz CT molecular complexity index is 935. The molecule has 1 aliphatic heterocycles. The maximum absolute atomic E-state index is 12.5. The molecule has 1 aromatic heterocycles. The fourth-order valence-corrected chi connectivity index (χ4v) is 5.09. The van der Waals surface area contributed by atoms with E-state index in [4.69, 9.17) is 14.6 Å². The van der Waals surface area contributed by atoms with Gasteiger partial charge in [0.15, 0.2) is 0 Å². The van der Waals surface area contributed by atoms with Crippen molar-refractivity contribution in [2.45, 2.75) is 37.8 Å². The first kappa shape index (κ1) is 18.7. The topological polar surface area (TPSA) is 102 Å². The highest BCUT2D eigenvalue weighted by Crippen LogP contribution is 2.35. The maximum Gasteiger partial charge on any atom is 0.347 e. The molecule has 3 rings (SSSR count). The van der Waals surface area contributed by atoms with Crippen molar-refractivity contribution in [2.75, 3.05) is 6.61 Å². The van der Waals surface area contributed by atoms with Gasteiger partial charge >= 0.3 is 5.97 Å². The largest absolute Gasteiger partial charge is 0.494 e. The summed E-state index contributed by atoms with van der Waals surface area (Å²) in [5, 5.41) is 10.6. The van der Waals surface area contributed by atoms with Gasteiger partial charge in [0.05, 0.1) is 6.61 Å². The van der Waals surface area contributed by atoms with Crippen molar-refractivity contribution in [1.29, 1.82) is 0 Å². The summed E-state index contributed by atoms with van der Waals surface area (Å²) in [5.74, 6) is 0.0441. The Hall–Kier alpha value is -2.10. The van der Waals surface area contributed by atoms with Gasteiger partial charge in [-0.1, -0.05) is 0 Å². The summed E-state index contributed by atoms with van der Waals surface area (Å²) in [6, 6.07) is 4.94. The lowest BCUT2D eigenvalue weighted by atomic mass is 10.1. The minimum absolute atomic E-state index is 0.0302. The van der Waals surface area contributed by atoms with Gasteiger partial charge in [0, 0.05) is 24.1 Å². The van der Waals surface area contributed by atoms with E-state index in [9.17, 15) is 13.2 Å². The number of hydrogen-bond acceptors (Lipinski definition) is 6. The van der Waals surface area contributed by atoms with Crippen LogP contribution in [0.25, 0.3) is 0 Å². The van der Waals surface area contributed by atoms with Crippen molar-refractivity contribution >= 4 is 27.3 Å². The lowest BCUT2D eigenvalue weighted by Crippen LogP contribution is -2.24. The average molecular weight is 397 g/mol. The van der Waals surface area contributed by atoms with Gasteiger partial charge in [0.25, 0.3) is 0 Å². The summed E-state index contributed by atoms with van der Waals surface area (Å²) in [6.07, 6.45) is 0.841. The molecule has 0 bridgehead atoms. The second kappa shape index (κ2) is 7.26. The molecule has 26 heavy (non-hydrogen) atoms. The zero-order valence-corrected chi connectivity index (χ0v) is 15.9. The number of aromatic carboxylic acids is 1. The van der Waals surface area contributed by atoms with Crippen LogP contribution in [0.5, 0.6) is 11.5 Å². The van der Waals surface area contributed by atoms with Crippen LogP contribution in [0.4, 0.5) is 0 Å². The first-order chi connectivity index (χ1) is 12.3. The summed E-state index contributed by atoms with van der Waals surface area (Å²) in [5.41, 5.74) is 1.66. The molecule has 2 aromatic rings. The standard InChI is InChI=1S/C17H19NO6S2/c1-3-23-13-7-11-6-10(2)24-14(11)8-12(13)9-18-26(21,22)15-4-5-25-16(15)17(19)20/h4-5,7-8,10,18H,3,6,9H2,1-2H3,(H,19,20). The van der Waals surface area contributed by atoms with Crippen LogP contribution in [0.1, 0.15) is 34.6 Å². The highest BCUT2D eigenvalue weighted by Gasteiger charge is 2.25. The molecule has 2 N–H and O–H groups in total. The van der Waals surface area contributed by atoms with E-state index >= 15 is 0 Å². The molecule has 0 fully saturated rings. The summed E-state index contributed by atoms with van der Waals surface area (Å²) >= 11 is 0.871. The fourth-order valence-electron chi connectivity index (χ4n) is 2.83. The molecule has 1 unspecified atom stereocenters. The second-order valence-electron chi connectivity index (χ2n) is 5.88. The Labute approximate surface area is 155 Å². The number of carbonyl (C=O) groups is 1. The molecule has 0 aliphatic carbocycles. The minimum atomic E-state index is -3.96. The van der Waals surface area contributed by atoms with E-state index in [0.29, 0.717) is 17.9 Å². The van der Waals surface area contributed by atoms with E-state index in [1.807, 2.05) is 19.9 Å². The number of ether oxygens (including phenoxy) is 2. The third kappa shape index (κ3) is 3.69. The van der Waals surface area contributed by atoms with Crippen molar-refractivity contribution < 1.29 is 27.8 Å². The van der Waals surface area contributed by atoms with Gasteiger partial charge < -0.3 is 14.6 Å². The molecule has 0 saturated heterocycles. The quantitative estimate of drug-likeness (QED) is 0.745. The van der Waals surface area contributed by atoms with E-state index in [-0.39, 0.29) is 22.4 Å². The number of rotatable bonds is 7. The van der Waals surface area contributed by atoms with E-state index < -0.39 is 16.0 Å². The molecule has 0 amide bonds. The number of hydrogen-bond donors (Lipinski definition) is 2. The number of fused-ring (bicyclic) bond motifs is 1. The van der Waals surface area contributed by atoms with Crippen molar-refractivity contribution in [3.05, 3.63) is 39.6 Å². The van der Waals surface area contributed by atoms with Crippen LogP contribution >= 0.6 is 11.3 Å². The molecule has 1 aromatic carbocycles. The number of carboxylic acid groups (broad SMARTS) is 1. The summed E-state index contributed by atoms with van der Waals surface area (Å²) in [7, 11) is -3.96. The zero-order chi connectivity index (χ0) is 18.9. The lowest BCUT2D eigenvalue weighted by molar-refractivity contribution is 0.0698. The third-order valence-electron chi connectivity index (χ3n) is 3.94. The van der Waals surface area contributed by atoms with Crippen molar-refractivity contribution in [3.63, 3.8) is 0 Å². The van der Waals surface area contributed by atoms with Gasteiger partial charge in [-0.05, 0) is 37.4 Å². The highest BCUT2D eigenvalue weighted by molar-refractivity contribution is 7.89. The molecular weight excluding hydrogens is 378 g/mol. The number of carboxylic acids is 1. The Morgan fingerprint density at radius 2 is 2.23 bits per heavy atom. The van der Waals surface area contributed by atoms with Crippen LogP contribution in [-0.4, -0.2) is 32.2 Å². The van der Waals surface area contributed by atoms with Crippen molar-refractivity contribution in [3.8, 4) is 11.5 Å². The van der Waals surface area contributed by atoms with Crippen LogP contribution in [0, 0.1) is 0 Å². The van der Waals surface area contributed by atoms with E-state index in [0.717, 1.165) is 29.1 Å². The number of nitrogens with one attached hydrogen (secondary N) is 1. The average Bonchev–Trinajstić information content (AvgIpc) is 3.19. The van der Waals surface area contributed by atoms with Gasteiger partial charge in [-0.3, -0.25) is 0 Å². The highest BCUT2D eigenvalue weighted by atomic mass is 32.2. The maximum atomic E-state index is 12.5. The van der Waals surface area contributed by atoms with E-state index in [1.54, 1.807) is 6.07 Å². The van der Waals surface area contributed by atoms with Crippen molar-refractivity contribution in [2.24, 2.45) is 0 Å². The molecule has 1 aliphatic rings. The molecular formula is C17H19NO6S2. The Morgan fingerprint density at radius 3 is 2.92 bits per heavy atom. The second-order valence-corrected chi connectivity index (χ2v) is 8.53. The Kier molecular flexibility index (Phi) is 5.22. The fraction of sp³-hybridized carbons (Fsp3) is 0.353. The Balaban J connectivity index is 1.86. The third-order valence-corrected chi connectivity index (χ3v) is 6.42.